The zero-order valence-corrected chi connectivity index (χ0v) is 14.4. The molecule has 23 heavy (non-hydrogen) atoms. The molecule has 0 saturated heterocycles. The maximum Gasteiger partial charge on any atom is 0.193 e. The molecule has 2 rings (SSSR count). The predicted molar refractivity (Wildman–Crippen MR) is 96.2 cm³/mol. The van der Waals surface area contributed by atoms with E-state index in [2.05, 4.69) is 52.6 Å². The molecule has 1 heterocycles. The normalized spacial score (nSPS) is 11.5. The second-order valence-corrected chi connectivity index (χ2v) is 5.63. The standard InChI is InChI=1S/C18H27N5/c1-4-5-13-22(3)18(19-2)20-12-11-16-14-21-23(15-16)17-9-7-6-8-10-17/h6-10,14-15H,4-5,11-13H2,1-3H3,(H,19,20). The Hall–Kier alpha value is -2.30. The van der Waals surface area contributed by atoms with Crippen molar-refractivity contribution in [2.24, 2.45) is 4.99 Å². The Bertz CT molecular complexity index is 603. The first-order chi connectivity index (χ1) is 11.2. The van der Waals surface area contributed by atoms with Crippen molar-refractivity contribution in [3.63, 3.8) is 0 Å². The van der Waals surface area contributed by atoms with Crippen molar-refractivity contribution in [2.45, 2.75) is 26.2 Å². The average molecular weight is 313 g/mol. The number of hydrogen-bond acceptors (Lipinski definition) is 2. The van der Waals surface area contributed by atoms with Crippen molar-refractivity contribution in [2.75, 3.05) is 27.2 Å². The number of nitrogens with one attached hydrogen (secondary N) is 1. The Morgan fingerprint density at radius 1 is 1.30 bits per heavy atom. The van der Waals surface area contributed by atoms with E-state index in [1.165, 1.54) is 18.4 Å². The fraction of sp³-hybridized carbons (Fsp3) is 0.444. The second kappa shape index (κ2) is 8.98. The van der Waals surface area contributed by atoms with Crippen LogP contribution in [0.5, 0.6) is 0 Å². The minimum atomic E-state index is 0.851. The first-order valence-electron chi connectivity index (χ1n) is 8.25. The molecule has 0 spiro atoms. The topological polar surface area (TPSA) is 45.4 Å². The summed E-state index contributed by atoms with van der Waals surface area (Å²) < 4.78 is 1.91. The van der Waals surface area contributed by atoms with Gasteiger partial charge in [-0.2, -0.15) is 5.10 Å². The van der Waals surface area contributed by atoms with Gasteiger partial charge in [0.25, 0.3) is 0 Å². The van der Waals surface area contributed by atoms with Crippen LogP contribution < -0.4 is 5.32 Å². The van der Waals surface area contributed by atoms with Gasteiger partial charge in [0, 0.05) is 33.4 Å². The SMILES string of the molecule is CCCCN(C)C(=NC)NCCc1cnn(-c2ccccc2)c1. The number of aromatic nitrogens is 2. The largest absolute Gasteiger partial charge is 0.356 e. The highest BCUT2D eigenvalue weighted by Crippen LogP contribution is 2.07. The van der Waals surface area contributed by atoms with Gasteiger partial charge in [-0.15, -0.1) is 0 Å². The third-order valence-corrected chi connectivity index (χ3v) is 3.77. The summed E-state index contributed by atoms with van der Waals surface area (Å²) in [6, 6.07) is 10.2. The predicted octanol–water partition coefficient (Wildman–Crippen LogP) is 2.72. The number of hydrogen-bond donors (Lipinski definition) is 1. The van der Waals surface area contributed by atoms with Crippen molar-refractivity contribution in [1.82, 2.24) is 20.0 Å². The summed E-state index contributed by atoms with van der Waals surface area (Å²) in [4.78, 5) is 6.51. The summed E-state index contributed by atoms with van der Waals surface area (Å²) in [5, 5.41) is 7.84. The fourth-order valence-electron chi connectivity index (χ4n) is 2.42. The van der Waals surface area contributed by atoms with Gasteiger partial charge >= 0.3 is 0 Å². The Labute approximate surface area is 139 Å². The van der Waals surface area contributed by atoms with Crippen LogP contribution >= 0.6 is 0 Å². The molecule has 1 aromatic heterocycles. The van der Waals surface area contributed by atoms with Crippen LogP contribution in [0.2, 0.25) is 0 Å². The number of aliphatic imine (C=N–C) groups is 1. The minimum Gasteiger partial charge on any atom is -0.356 e. The number of nitrogens with zero attached hydrogens (tertiary/aromatic N) is 4. The minimum absolute atomic E-state index is 0.851. The van der Waals surface area contributed by atoms with Crippen LogP contribution in [0.15, 0.2) is 47.7 Å². The highest BCUT2D eigenvalue weighted by molar-refractivity contribution is 5.79. The van der Waals surface area contributed by atoms with Crippen molar-refractivity contribution in [3.8, 4) is 5.69 Å². The van der Waals surface area contributed by atoms with Crippen molar-refractivity contribution < 1.29 is 0 Å². The fourth-order valence-corrected chi connectivity index (χ4v) is 2.42. The van der Waals surface area contributed by atoms with Crippen LogP contribution in [0.4, 0.5) is 0 Å². The Morgan fingerprint density at radius 2 is 2.09 bits per heavy atom. The number of rotatable bonds is 7. The van der Waals surface area contributed by atoms with E-state index in [1.807, 2.05) is 36.1 Å². The Kier molecular flexibility index (Phi) is 6.66. The van der Waals surface area contributed by atoms with Gasteiger partial charge in [-0.3, -0.25) is 4.99 Å². The molecule has 2 aromatic rings. The molecule has 1 aromatic carbocycles. The van der Waals surface area contributed by atoms with E-state index in [4.69, 9.17) is 0 Å². The number of unbranched alkanes of at least 4 members (excludes halogenated alkanes) is 1. The third-order valence-electron chi connectivity index (χ3n) is 3.77. The lowest BCUT2D eigenvalue weighted by Crippen LogP contribution is -2.40. The van der Waals surface area contributed by atoms with Crippen molar-refractivity contribution in [3.05, 3.63) is 48.3 Å². The summed E-state index contributed by atoms with van der Waals surface area (Å²) in [6.45, 7) is 4.08. The lowest BCUT2D eigenvalue weighted by Gasteiger charge is -2.21. The quantitative estimate of drug-likeness (QED) is 0.631. The molecule has 5 heteroatoms. The van der Waals surface area contributed by atoms with E-state index < -0.39 is 0 Å². The number of para-hydroxylation sites is 1. The highest BCUT2D eigenvalue weighted by Gasteiger charge is 2.05. The van der Waals surface area contributed by atoms with E-state index >= 15 is 0 Å². The van der Waals surface area contributed by atoms with Gasteiger partial charge in [-0.1, -0.05) is 31.5 Å². The molecule has 0 aliphatic carbocycles. The van der Waals surface area contributed by atoms with E-state index in [1.54, 1.807) is 0 Å². The zero-order valence-electron chi connectivity index (χ0n) is 14.4. The molecule has 0 aliphatic rings. The van der Waals surface area contributed by atoms with Crippen LogP contribution in [0.25, 0.3) is 5.69 Å². The molecular formula is C18H27N5. The van der Waals surface area contributed by atoms with Crippen LogP contribution in [0.1, 0.15) is 25.3 Å². The van der Waals surface area contributed by atoms with Crippen molar-refractivity contribution >= 4 is 5.96 Å². The van der Waals surface area contributed by atoms with Gasteiger partial charge in [-0.05, 0) is 30.5 Å². The van der Waals surface area contributed by atoms with E-state index in [0.29, 0.717) is 0 Å². The summed E-state index contributed by atoms with van der Waals surface area (Å²) in [5.41, 5.74) is 2.30. The van der Waals surface area contributed by atoms with E-state index in [0.717, 1.165) is 31.2 Å². The molecule has 1 N–H and O–H groups in total. The van der Waals surface area contributed by atoms with Gasteiger partial charge < -0.3 is 10.2 Å². The van der Waals surface area contributed by atoms with Crippen molar-refractivity contribution in [1.29, 1.82) is 0 Å². The monoisotopic (exact) mass is 313 g/mol. The van der Waals surface area contributed by atoms with Gasteiger partial charge in [0.2, 0.25) is 0 Å². The molecule has 124 valence electrons. The first-order valence-corrected chi connectivity index (χ1v) is 8.25. The summed E-state index contributed by atoms with van der Waals surface area (Å²) in [6.07, 6.45) is 7.31. The molecule has 5 nitrogen and oxygen atoms in total. The maximum atomic E-state index is 4.43. The second-order valence-electron chi connectivity index (χ2n) is 5.63. The average Bonchev–Trinajstić information content (AvgIpc) is 3.06. The van der Waals surface area contributed by atoms with Crippen LogP contribution in [0.3, 0.4) is 0 Å². The van der Waals surface area contributed by atoms with E-state index in [-0.39, 0.29) is 0 Å². The summed E-state index contributed by atoms with van der Waals surface area (Å²) >= 11 is 0. The third kappa shape index (κ3) is 5.13. The molecule has 0 aliphatic heterocycles. The highest BCUT2D eigenvalue weighted by atomic mass is 15.3. The smallest absolute Gasteiger partial charge is 0.193 e. The lowest BCUT2D eigenvalue weighted by molar-refractivity contribution is 0.465. The number of benzene rings is 1. The molecule has 0 atom stereocenters. The molecule has 0 fully saturated rings. The molecule has 0 amide bonds. The van der Waals surface area contributed by atoms with Crippen LogP contribution in [0, 0.1) is 0 Å². The van der Waals surface area contributed by atoms with Crippen LogP contribution in [-0.4, -0.2) is 47.8 Å². The molecule has 0 bridgehead atoms. The van der Waals surface area contributed by atoms with Gasteiger partial charge in [0.1, 0.15) is 0 Å². The van der Waals surface area contributed by atoms with Gasteiger partial charge in [-0.25, -0.2) is 4.68 Å². The van der Waals surface area contributed by atoms with Gasteiger partial charge in [0.05, 0.1) is 11.9 Å². The first kappa shape index (κ1) is 17.1. The van der Waals surface area contributed by atoms with Gasteiger partial charge in [0.15, 0.2) is 5.96 Å². The zero-order chi connectivity index (χ0) is 16.5. The molecule has 0 radical (unpaired) electrons. The van der Waals surface area contributed by atoms with E-state index in [9.17, 15) is 0 Å². The molecular weight excluding hydrogens is 286 g/mol. The Morgan fingerprint density at radius 3 is 2.78 bits per heavy atom. The summed E-state index contributed by atoms with van der Waals surface area (Å²) in [5.74, 6) is 0.953. The van der Waals surface area contributed by atoms with Crippen LogP contribution in [-0.2, 0) is 6.42 Å². The molecule has 0 saturated carbocycles. The number of guanidine groups is 1. The summed E-state index contributed by atoms with van der Waals surface area (Å²) in [7, 11) is 3.91. The lowest BCUT2D eigenvalue weighted by atomic mass is 10.2. The Balaban J connectivity index is 1.83. The molecule has 0 unspecified atom stereocenters. The maximum absolute atomic E-state index is 4.43.